The molecule has 27 heavy (non-hydrogen) atoms. The Hall–Kier alpha value is -2.31. The molecule has 1 aromatic carbocycles. The van der Waals surface area contributed by atoms with Gasteiger partial charge in [0.15, 0.2) is 11.3 Å². The van der Waals surface area contributed by atoms with Gasteiger partial charge in [-0.05, 0) is 43.0 Å². The molecule has 1 saturated heterocycles. The second-order valence-electron chi connectivity index (χ2n) is 6.72. The van der Waals surface area contributed by atoms with Gasteiger partial charge >= 0.3 is 5.97 Å². The number of rotatable bonds is 7. The lowest BCUT2D eigenvalue weighted by Crippen LogP contribution is -2.38. The fraction of sp³-hybridized carbons (Fsp3) is 0.381. The zero-order chi connectivity index (χ0) is 18.6. The summed E-state index contributed by atoms with van der Waals surface area (Å²) in [5, 5.41) is 3.09. The number of fused-ring (bicyclic) bond motifs is 1. The van der Waals surface area contributed by atoms with Crippen molar-refractivity contribution in [3.05, 3.63) is 52.9 Å². The molecule has 2 atom stereocenters. The minimum Gasteiger partial charge on any atom is -0.481 e. The Balaban J connectivity index is 1.50. The van der Waals surface area contributed by atoms with Crippen molar-refractivity contribution in [2.45, 2.75) is 31.4 Å². The lowest BCUT2D eigenvalue weighted by molar-refractivity contribution is -0.145. The van der Waals surface area contributed by atoms with E-state index in [0.29, 0.717) is 0 Å². The fourth-order valence-electron chi connectivity index (χ4n) is 3.73. The van der Waals surface area contributed by atoms with Crippen LogP contribution in [-0.2, 0) is 9.53 Å². The van der Waals surface area contributed by atoms with Crippen molar-refractivity contribution in [3.63, 3.8) is 0 Å². The van der Waals surface area contributed by atoms with Crippen molar-refractivity contribution in [1.29, 1.82) is 0 Å². The molecule has 0 saturated carbocycles. The van der Waals surface area contributed by atoms with Gasteiger partial charge in [0.2, 0.25) is 0 Å². The first-order chi connectivity index (χ1) is 13.3. The van der Waals surface area contributed by atoms with Crippen LogP contribution < -0.4 is 4.74 Å². The number of thiophene rings is 1. The van der Waals surface area contributed by atoms with Crippen molar-refractivity contribution in [1.82, 2.24) is 4.90 Å². The first-order valence-corrected chi connectivity index (χ1v) is 10.1. The summed E-state index contributed by atoms with van der Waals surface area (Å²) in [6, 6.07) is 11.9. The van der Waals surface area contributed by atoms with E-state index in [1.807, 2.05) is 30.3 Å². The number of benzene rings is 1. The highest BCUT2D eigenvalue weighted by Gasteiger charge is 2.32. The van der Waals surface area contributed by atoms with Gasteiger partial charge in [-0.1, -0.05) is 18.2 Å². The zero-order valence-electron chi connectivity index (χ0n) is 15.3. The summed E-state index contributed by atoms with van der Waals surface area (Å²) >= 11 is 1.69. The number of ether oxygens (including phenoxy) is 2. The molecule has 0 bridgehead atoms. The smallest absolute Gasteiger partial charge is 0.323 e. The molecule has 0 aliphatic carbocycles. The minimum absolute atomic E-state index is 0.0837. The third kappa shape index (κ3) is 3.87. The van der Waals surface area contributed by atoms with Gasteiger partial charge in [0.05, 0.1) is 13.4 Å². The number of hydrogen-bond donors (Lipinski definition) is 0. The molecule has 2 aromatic heterocycles. The minimum atomic E-state index is -0.138. The predicted molar refractivity (Wildman–Crippen MR) is 105 cm³/mol. The highest BCUT2D eigenvalue weighted by molar-refractivity contribution is 7.10. The predicted octanol–water partition coefficient (Wildman–Crippen LogP) is 4.64. The topological polar surface area (TPSA) is 51.9 Å². The van der Waals surface area contributed by atoms with Crippen LogP contribution in [0.1, 0.15) is 30.2 Å². The highest BCUT2D eigenvalue weighted by Crippen LogP contribution is 2.34. The SMILES string of the molecule is COC(=O)[C@@H]1CCCN1CCC(Oc1cccc2ccoc12)c1cccs1. The van der Waals surface area contributed by atoms with Gasteiger partial charge in [0.1, 0.15) is 12.1 Å². The molecule has 142 valence electrons. The number of furan rings is 1. The van der Waals surface area contributed by atoms with Gasteiger partial charge in [0, 0.05) is 23.2 Å². The van der Waals surface area contributed by atoms with Crippen LogP contribution in [0.4, 0.5) is 0 Å². The molecule has 5 nitrogen and oxygen atoms in total. The van der Waals surface area contributed by atoms with Crippen LogP contribution in [0.5, 0.6) is 5.75 Å². The maximum absolute atomic E-state index is 12.0. The van der Waals surface area contributed by atoms with Gasteiger partial charge in [-0.2, -0.15) is 0 Å². The van der Waals surface area contributed by atoms with Crippen LogP contribution in [0, 0.1) is 0 Å². The Morgan fingerprint density at radius 3 is 3.07 bits per heavy atom. The standard InChI is InChI=1S/C21H23NO4S/c1-24-21(23)16-6-3-11-22(16)12-9-17(19-8-4-14-27-19)26-18-7-2-5-15-10-13-25-20(15)18/h2,4-5,7-8,10,13-14,16-17H,3,6,9,11-12H2,1H3/t16-,17?/m0/s1. The summed E-state index contributed by atoms with van der Waals surface area (Å²) in [5.41, 5.74) is 0.771. The first-order valence-electron chi connectivity index (χ1n) is 9.24. The van der Waals surface area contributed by atoms with Gasteiger partial charge in [-0.15, -0.1) is 11.3 Å². The van der Waals surface area contributed by atoms with Gasteiger partial charge < -0.3 is 13.9 Å². The highest BCUT2D eigenvalue weighted by atomic mass is 32.1. The van der Waals surface area contributed by atoms with Gasteiger partial charge in [-0.3, -0.25) is 9.69 Å². The van der Waals surface area contributed by atoms with E-state index >= 15 is 0 Å². The van der Waals surface area contributed by atoms with E-state index in [1.165, 1.54) is 12.0 Å². The zero-order valence-corrected chi connectivity index (χ0v) is 16.1. The monoisotopic (exact) mass is 385 g/mol. The average Bonchev–Trinajstić information content (AvgIpc) is 3.45. The molecule has 0 N–H and O–H groups in total. The van der Waals surface area contributed by atoms with Gasteiger partial charge in [0.25, 0.3) is 0 Å². The summed E-state index contributed by atoms with van der Waals surface area (Å²) < 4.78 is 17.0. The quantitative estimate of drug-likeness (QED) is 0.555. The Bertz CT molecular complexity index is 889. The molecule has 1 aliphatic rings. The van der Waals surface area contributed by atoms with E-state index in [2.05, 4.69) is 16.3 Å². The molecule has 6 heteroatoms. The van der Waals surface area contributed by atoms with E-state index in [1.54, 1.807) is 17.6 Å². The first kappa shape index (κ1) is 18.1. The molecule has 1 aliphatic heterocycles. The normalized spacial score (nSPS) is 18.6. The van der Waals surface area contributed by atoms with Crippen LogP contribution >= 0.6 is 11.3 Å². The number of likely N-dealkylation sites (tertiary alicyclic amines) is 1. The maximum atomic E-state index is 12.0. The summed E-state index contributed by atoms with van der Waals surface area (Å²) in [6.45, 7) is 1.71. The van der Waals surface area contributed by atoms with E-state index in [9.17, 15) is 4.79 Å². The number of hydrogen-bond acceptors (Lipinski definition) is 6. The van der Waals surface area contributed by atoms with Gasteiger partial charge in [-0.25, -0.2) is 0 Å². The third-order valence-corrected chi connectivity index (χ3v) is 6.05. The molecule has 3 heterocycles. The lowest BCUT2D eigenvalue weighted by Gasteiger charge is -2.25. The summed E-state index contributed by atoms with van der Waals surface area (Å²) in [7, 11) is 1.46. The van der Waals surface area contributed by atoms with Crippen LogP contribution in [-0.4, -0.2) is 37.1 Å². The second-order valence-corrected chi connectivity index (χ2v) is 7.70. The van der Waals surface area contributed by atoms with Crippen LogP contribution in [0.2, 0.25) is 0 Å². The number of para-hydroxylation sites is 1. The van der Waals surface area contributed by atoms with Crippen molar-refractivity contribution >= 4 is 28.3 Å². The molecule has 4 rings (SSSR count). The number of nitrogens with zero attached hydrogens (tertiary/aromatic N) is 1. The van der Waals surface area contributed by atoms with Crippen molar-refractivity contribution in [2.24, 2.45) is 0 Å². The largest absolute Gasteiger partial charge is 0.481 e. The summed E-state index contributed by atoms with van der Waals surface area (Å²) in [5.74, 6) is 0.614. The molecular formula is C21H23NO4S. The molecule has 1 unspecified atom stereocenters. The van der Waals surface area contributed by atoms with Crippen molar-refractivity contribution < 1.29 is 18.7 Å². The molecule has 0 radical (unpaired) electrons. The Morgan fingerprint density at radius 2 is 2.26 bits per heavy atom. The Kier molecular flexibility index (Phi) is 5.45. The molecule has 3 aromatic rings. The molecule has 1 fully saturated rings. The summed E-state index contributed by atoms with van der Waals surface area (Å²) in [6.07, 6.45) is 4.28. The van der Waals surface area contributed by atoms with E-state index in [4.69, 9.17) is 13.9 Å². The molecule has 0 amide bonds. The lowest BCUT2D eigenvalue weighted by atomic mass is 10.1. The van der Waals surface area contributed by atoms with Crippen LogP contribution in [0.15, 0.2) is 52.5 Å². The number of methoxy groups -OCH3 is 1. The number of carbonyl (C=O) groups excluding carboxylic acids is 1. The van der Waals surface area contributed by atoms with Crippen molar-refractivity contribution in [2.75, 3.05) is 20.2 Å². The van der Waals surface area contributed by atoms with E-state index in [0.717, 1.165) is 49.1 Å². The Morgan fingerprint density at radius 1 is 1.33 bits per heavy atom. The van der Waals surface area contributed by atoms with E-state index < -0.39 is 0 Å². The number of esters is 1. The maximum Gasteiger partial charge on any atom is 0.323 e. The molecular weight excluding hydrogens is 362 g/mol. The van der Waals surface area contributed by atoms with E-state index in [-0.39, 0.29) is 18.1 Å². The summed E-state index contributed by atoms with van der Waals surface area (Å²) in [4.78, 5) is 15.4. The Labute approximate surface area is 162 Å². The molecule has 0 spiro atoms. The average molecular weight is 385 g/mol. The van der Waals surface area contributed by atoms with Crippen molar-refractivity contribution in [3.8, 4) is 5.75 Å². The van der Waals surface area contributed by atoms with Crippen LogP contribution in [0.3, 0.4) is 0 Å². The number of carbonyl (C=O) groups is 1. The second kappa shape index (κ2) is 8.15. The van der Waals surface area contributed by atoms with Crippen LogP contribution in [0.25, 0.3) is 11.0 Å². The third-order valence-electron chi connectivity index (χ3n) is 5.09. The fourth-order valence-corrected chi connectivity index (χ4v) is 4.51.